The van der Waals surface area contributed by atoms with Gasteiger partial charge in [-0.15, -0.1) is 0 Å². The van der Waals surface area contributed by atoms with Crippen LogP contribution >= 0.6 is 0 Å². The Morgan fingerprint density at radius 2 is 1.05 bits per heavy atom. The topological polar surface area (TPSA) is 25.2 Å². The quantitative estimate of drug-likeness (QED) is 0.300. The summed E-state index contributed by atoms with van der Waals surface area (Å²) in [7, 11) is 0. The van der Waals surface area contributed by atoms with E-state index in [-0.39, 0.29) is 21.7 Å². The number of fused-ring (bicyclic) bond motifs is 5. The standard InChI is InChI=1S/C35H43NO/c1-21-16-25-27(34(6,7)14-12-32(25,2)3)19-29(21)36-22-10-11-23-24-18-26-28(20-31(24)37-30(23)17-22)35(8,9)15-13-33(26,4)5/h10-11,16-20,36H,12-15H2,1-9H3. The minimum atomic E-state index is 0.178. The largest absolute Gasteiger partial charge is 0.456 e. The number of benzene rings is 3. The van der Waals surface area contributed by atoms with Gasteiger partial charge in [0.25, 0.3) is 0 Å². The van der Waals surface area contributed by atoms with Crippen LogP contribution in [0.2, 0.25) is 0 Å². The normalized spacial score (nSPS) is 21.0. The molecule has 6 rings (SSSR count). The highest BCUT2D eigenvalue weighted by atomic mass is 16.3. The summed E-state index contributed by atoms with van der Waals surface area (Å²) < 4.78 is 6.50. The molecule has 0 bridgehead atoms. The lowest BCUT2D eigenvalue weighted by Crippen LogP contribution is -2.34. The average Bonchev–Trinajstić information content (AvgIpc) is 3.17. The Balaban J connectivity index is 1.43. The summed E-state index contributed by atoms with van der Waals surface area (Å²) in [6, 6.07) is 16.2. The van der Waals surface area contributed by atoms with Crippen molar-refractivity contribution < 1.29 is 4.42 Å². The Bertz CT molecular complexity index is 1560. The summed E-state index contributed by atoms with van der Waals surface area (Å²) in [4.78, 5) is 0. The van der Waals surface area contributed by atoms with E-state index in [0.29, 0.717) is 0 Å². The van der Waals surface area contributed by atoms with Crippen LogP contribution < -0.4 is 5.32 Å². The van der Waals surface area contributed by atoms with E-state index in [4.69, 9.17) is 4.42 Å². The van der Waals surface area contributed by atoms with E-state index in [9.17, 15) is 0 Å². The van der Waals surface area contributed by atoms with Gasteiger partial charge in [-0.25, -0.2) is 0 Å². The number of anilines is 2. The summed E-state index contributed by atoms with van der Waals surface area (Å²) in [5.74, 6) is 0. The molecule has 2 heteroatoms. The average molecular weight is 494 g/mol. The van der Waals surface area contributed by atoms with Crippen molar-refractivity contribution in [2.24, 2.45) is 0 Å². The fraction of sp³-hybridized carbons (Fsp3) is 0.486. The van der Waals surface area contributed by atoms with E-state index in [1.807, 2.05) is 0 Å². The number of aryl methyl sites for hydroxylation is 1. The second-order valence-corrected chi connectivity index (χ2v) is 14.6. The van der Waals surface area contributed by atoms with Crippen molar-refractivity contribution in [2.75, 3.05) is 5.32 Å². The molecule has 3 aromatic carbocycles. The summed E-state index contributed by atoms with van der Waals surface area (Å²) in [6.45, 7) is 21.3. The zero-order valence-electron chi connectivity index (χ0n) is 24.3. The molecule has 2 aliphatic carbocycles. The molecule has 0 radical (unpaired) electrons. The van der Waals surface area contributed by atoms with Gasteiger partial charge in [-0.2, -0.15) is 0 Å². The van der Waals surface area contributed by atoms with Crippen molar-refractivity contribution in [3.8, 4) is 0 Å². The van der Waals surface area contributed by atoms with E-state index in [1.165, 1.54) is 70.0 Å². The zero-order chi connectivity index (χ0) is 26.5. The van der Waals surface area contributed by atoms with Gasteiger partial charge in [-0.05, 0) is 112 Å². The Morgan fingerprint density at radius 3 is 1.65 bits per heavy atom. The lowest BCUT2D eigenvalue weighted by atomic mass is 9.63. The van der Waals surface area contributed by atoms with Crippen LogP contribution in [0.3, 0.4) is 0 Å². The first-order valence-electron chi connectivity index (χ1n) is 14.1. The minimum Gasteiger partial charge on any atom is -0.456 e. The van der Waals surface area contributed by atoms with Crippen LogP contribution in [0.4, 0.5) is 11.4 Å². The molecule has 0 unspecified atom stereocenters. The molecular formula is C35H43NO. The Kier molecular flexibility index (Phi) is 5.08. The lowest BCUT2D eigenvalue weighted by molar-refractivity contribution is 0.332. The van der Waals surface area contributed by atoms with E-state index in [0.717, 1.165) is 16.9 Å². The van der Waals surface area contributed by atoms with E-state index in [2.05, 4.69) is 110 Å². The molecule has 0 atom stereocenters. The van der Waals surface area contributed by atoms with Crippen LogP contribution in [0.1, 0.15) is 109 Å². The second kappa shape index (κ2) is 7.65. The van der Waals surface area contributed by atoms with Crippen molar-refractivity contribution >= 4 is 33.3 Å². The molecule has 0 saturated carbocycles. The summed E-state index contributed by atoms with van der Waals surface area (Å²) >= 11 is 0. The first kappa shape index (κ1) is 24.6. The third-order valence-corrected chi connectivity index (χ3v) is 9.92. The van der Waals surface area contributed by atoms with Crippen LogP contribution in [0.15, 0.2) is 46.9 Å². The van der Waals surface area contributed by atoms with Gasteiger partial charge in [0.15, 0.2) is 0 Å². The number of rotatable bonds is 2. The summed E-state index contributed by atoms with van der Waals surface area (Å²) in [5, 5.41) is 6.18. The van der Waals surface area contributed by atoms with Gasteiger partial charge in [-0.3, -0.25) is 0 Å². The summed E-state index contributed by atoms with van der Waals surface area (Å²) in [6.07, 6.45) is 4.88. The Hall–Kier alpha value is -2.74. The molecule has 37 heavy (non-hydrogen) atoms. The predicted octanol–water partition coefficient (Wildman–Crippen LogP) is 10.3. The predicted molar refractivity (Wildman–Crippen MR) is 159 cm³/mol. The molecule has 1 N–H and O–H groups in total. The summed E-state index contributed by atoms with van der Waals surface area (Å²) in [5.41, 5.74) is 12.2. The number of nitrogens with one attached hydrogen (secondary N) is 1. The molecule has 194 valence electrons. The maximum Gasteiger partial charge on any atom is 0.137 e. The number of hydrogen-bond acceptors (Lipinski definition) is 2. The molecule has 2 nitrogen and oxygen atoms in total. The molecule has 0 fully saturated rings. The molecule has 0 saturated heterocycles. The van der Waals surface area contributed by atoms with Crippen LogP contribution in [0.25, 0.3) is 21.9 Å². The third-order valence-electron chi connectivity index (χ3n) is 9.92. The SMILES string of the molecule is Cc1cc2c(cc1Nc1ccc3c(c1)oc1cc4c(cc13)C(C)(C)CCC4(C)C)C(C)(C)CCC2(C)C. The van der Waals surface area contributed by atoms with Crippen LogP contribution in [0.5, 0.6) is 0 Å². The van der Waals surface area contributed by atoms with Crippen molar-refractivity contribution in [1.29, 1.82) is 0 Å². The monoisotopic (exact) mass is 493 g/mol. The molecule has 0 aliphatic heterocycles. The van der Waals surface area contributed by atoms with Crippen molar-refractivity contribution in [2.45, 2.75) is 110 Å². The second-order valence-electron chi connectivity index (χ2n) is 14.6. The first-order valence-corrected chi connectivity index (χ1v) is 14.1. The highest BCUT2D eigenvalue weighted by molar-refractivity contribution is 6.06. The molecular weight excluding hydrogens is 450 g/mol. The van der Waals surface area contributed by atoms with Gasteiger partial charge < -0.3 is 9.73 Å². The van der Waals surface area contributed by atoms with Gasteiger partial charge in [0.1, 0.15) is 11.2 Å². The smallest absolute Gasteiger partial charge is 0.137 e. The highest BCUT2D eigenvalue weighted by Gasteiger charge is 2.39. The third kappa shape index (κ3) is 3.82. The molecule has 1 heterocycles. The van der Waals surface area contributed by atoms with Gasteiger partial charge >= 0.3 is 0 Å². The maximum atomic E-state index is 6.50. The Morgan fingerprint density at radius 1 is 0.568 bits per heavy atom. The van der Waals surface area contributed by atoms with Crippen LogP contribution in [-0.2, 0) is 21.7 Å². The minimum absolute atomic E-state index is 0.178. The number of furan rings is 1. The molecule has 0 amide bonds. The Labute approximate surface area is 222 Å². The zero-order valence-corrected chi connectivity index (χ0v) is 24.3. The molecule has 2 aliphatic rings. The van der Waals surface area contributed by atoms with E-state index >= 15 is 0 Å². The van der Waals surface area contributed by atoms with E-state index < -0.39 is 0 Å². The van der Waals surface area contributed by atoms with Crippen molar-refractivity contribution in [1.82, 2.24) is 0 Å². The lowest BCUT2D eigenvalue weighted by Gasteiger charge is -2.42. The highest BCUT2D eigenvalue weighted by Crippen LogP contribution is 2.49. The molecule has 4 aromatic rings. The van der Waals surface area contributed by atoms with Gasteiger partial charge in [0.05, 0.1) is 0 Å². The van der Waals surface area contributed by atoms with Crippen LogP contribution in [0, 0.1) is 6.92 Å². The number of hydrogen-bond donors (Lipinski definition) is 1. The van der Waals surface area contributed by atoms with Gasteiger partial charge in [0, 0.05) is 28.2 Å². The fourth-order valence-electron chi connectivity index (χ4n) is 6.93. The van der Waals surface area contributed by atoms with Gasteiger partial charge in [-0.1, -0.05) is 61.5 Å². The molecule has 1 aromatic heterocycles. The fourth-order valence-corrected chi connectivity index (χ4v) is 6.93. The van der Waals surface area contributed by atoms with Gasteiger partial charge in [0.2, 0.25) is 0 Å². The van der Waals surface area contributed by atoms with E-state index in [1.54, 1.807) is 0 Å². The van der Waals surface area contributed by atoms with Crippen molar-refractivity contribution in [3.63, 3.8) is 0 Å². The first-order chi connectivity index (χ1) is 17.2. The van der Waals surface area contributed by atoms with Crippen LogP contribution in [-0.4, -0.2) is 0 Å². The maximum absolute atomic E-state index is 6.50. The van der Waals surface area contributed by atoms with Crippen molar-refractivity contribution in [3.05, 3.63) is 70.3 Å². The molecule has 0 spiro atoms.